The highest BCUT2D eigenvalue weighted by atomic mass is 16.4. The summed E-state index contributed by atoms with van der Waals surface area (Å²) in [5.41, 5.74) is 5.05. The number of aliphatic hydroxyl groups excluding tert-OH is 1. The van der Waals surface area contributed by atoms with Gasteiger partial charge in [-0.25, -0.2) is 0 Å². The monoisotopic (exact) mass is 133 g/mol. The number of rotatable bonds is 4. The lowest BCUT2D eigenvalue weighted by atomic mass is 10.2. The first-order valence-corrected chi connectivity index (χ1v) is 2.76. The maximum absolute atomic E-state index is 9.88. The number of carboxylic acid groups (broad SMARTS) is 1. The summed E-state index contributed by atoms with van der Waals surface area (Å²) in [7, 11) is 0. The molecule has 0 saturated carbocycles. The molecule has 0 heterocycles. The first-order chi connectivity index (χ1) is 4.16. The Morgan fingerprint density at radius 3 is 2.56 bits per heavy atom. The largest absolute Gasteiger partial charge is 0.481 e. The van der Waals surface area contributed by atoms with E-state index in [0.717, 1.165) is 0 Å². The number of nitrogens with two attached hydrogens (primary N) is 1. The molecule has 1 atom stereocenters. The second-order valence-electron chi connectivity index (χ2n) is 1.83. The van der Waals surface area contributed by atoms with Gasteiger partial charge in [-0.1, -0.05) is 0 Å². The number of hydrogen-bond donors (Lipinski definition) is 3. The molecule has 1 unspecified atom stereocenters. The second-order valence-corrected chi connectivity index (χ2v) is 1.83. The number of aliphatic carboxylic acids is 1. The van der Waals surface area contributed by atoms with Gasteiger partial charge in [0, 0.05) is 0 Å². The molecule has 4 heteroatoms. The highest BCUT2D eigenvalue weighted by molar-refractivity contribution is 5.67. The topological polar surface area (TPSA) is 83.5 Å². The van der Waals surface area contributed by atoms with Crippen LogP contribution in [0.25, 0.3) is 0 Å². The average Bonchev–Trinajstić information content (AvgIpc) is 1.63. The summed E-state index contributed by atoms with van der Waals surface area (Å²) >= 11 is 0. The molecule has 0 aliphatic heterocycles. The van der Waals surface area contributed by atoms with Crippen LogP contribution < -0.4 is 5.73 Å². The molecule has 4 nitrogen and oxygen atoms in total. The van der Waals surface area contributed by atoms with Crippen LogP contribution in [-0.2, 0) is 4.79 Å². The number of aliphatic hydroxyl groups is 1. The van der Waals surface area contributed by atoms with Gasteiger partial charge in [-0.15, -0.1) is 0 Å². The highest BCUT2D eigenvalue weighted by Crippen LogP contribution is 1.94. The van der Waals surface area contributed by atoms with Crippen LogP contribution in [0.15, 0.2) is 0 Å². The van der Waals surface area contributed by atoms with E-state index in [-0.39, 0.29) is 6.42 Å². The Labute approximate surface area is 53.3 Å². The van der Waals surface area contributed by atoms with Gasteiger partial charge >= 0.3 is 5.97 Å². The summed E-state index contributed by atoms with van der Waals surface area (Å²) in [6, 6.07) is 0. The fourth-order valence-corrected chi connectivity index (χ4v) is 0.496. The lowest BCUT2D eigenvalue weighted by Gasteiger charge is -2.03. The van der Waals surface area contributed by atoms with Crippen molar-refractivity contribution in [1.29, 1.82) is 0 Å². The first kappa shape index (κ1) is 8.39. The predicted octanol–water partition coefficient (Wildman–Crippen LogP) is -0.829. The van der Waals surface area contributed by atoms with Crippen LogP contribution >= 0.6 is 0 Å². The Bertz CT molecular complexity index is 94.2. The maximum atomic E-state index is 9.88. The molecule has 0 rings (SSSR count). The lowest BCUT2D eigenvalue weighted by Crippen LogP contribution is -2.17. The van der Waals surface area contributed by atoms with Crippen LogP contribution in [0.2, 0.25) is 0 Å². The maximum Gasteiger partial charge on any atom is 0.305 e. The van der Waals surface area contributed by atoms with E-state index >= 15 is 0 Å². The molecule has 54 valence electrons. The van der Waals surface area contributed by atoms with E-state index in [9.17, 15) is 4.79 Å². The van der Waals surface area contributed by atoms with Gasteiger partial charge in [0.25, 0.3) is 0 Å². The smallest absolute Gasteiger partial charge is 0.305 e. The first-order valence-electron chi connectivity index (χ1n) is 2.76. The van der Waals surface area contributed by atoms with Gasteiger partial charge < -0.3 is 15.9 Å². The van der Waals surface area contributed by atoms with Crippen LogP contribution in [0.4, 0.5) is 0 Å². The van der Waals surface area contributed by atoms with E-state index in [1.807, 2.05) is 0 Å². The van der Waals surface area contributed by atoms with Crippen molar-refractivity contribution in [2.24, 2.45) is 5.73 Å². The van der Waals surface area contributed by atoms with E-state index in [1.165, 1.54) is 0 Å². The average molecular weight is 133 g/mol. The van der Waals surface area contributed by atoms with Gasteiger partial charge in [-0.2, -0.15) is 0 Å². The highest BCUT2D eigenvalue weighted by Gasteiger charge is 2.06. The van der Waals surface area contributed by atoms with Gasteiger partial charge in [0.05, 0.1) is 12.5 Å². The zero-order valence-electron chi connectivity index (χ0n) is 5.08. The van der Waals surface area contributed by atoms with Crippen molar-refractivity contribution in [1.82, 2.24) is 0 Å². The van der Waals surface area contributed by atoms with E-state index < -0.39 is 12.1 Å². The van der Waals surface area contributed by atoms with Crippen molar-refractivity contribution in [2.45, 2.75) is 18.9 Å². The van der Waals surface area contributed by atoms with Crippen LogP contribution in [0.3, 0.4) is 0 Å². The fourth-order valence-electron chi connectivity index (χ4n) is 0.496. The third-order valence-corrected chi connectivity index (χ3v) is 0.910. The van der Waals surface area contributed by atoms with Crippen LogP contribution in [0, 0.1) is 0 Å². The standard InChI is InChI=1S/C5H11NO3/c6-2-1-4(7)3-5(8)9/h4,7H,1-3,6H2,(H,8,9). The zero-order chi connectivity index (χ0) is 7.28. The van der Waals surface area contributed by atoms with Crippen molar-refractivity contribution in [3.05, 3.63) is 0 Å². The third kappa shape index (κ3) is 5.26. The van der Waals surface area contributed by atoms with Crippen LogP contribution in [-0.4, -0.2) is 28.8 Å². The zero-order valence-corrected chi connectivity index (χ0v) is 5.08. The quantitative estimate of drug-likeness (QED) is 0.467. The number of carbonyl (C=O) groups is 1. The summed E-state index contributed by atoms with van der Waals surface area (Å²) in [6.07, 6.45) is -0.642. The molecule has 0 fully saturated rings. The Balaban J connectivity index is 3.26. The molecule has 0 saturated heterocycles. The van der Waals surface area contributed by atoms with Gasteiger partial charge in [-0.3, -0.25) is 4.79 Å². The molecule has 9 heavy (non-hydrogen) atoms. The van der Waals surface area contributed by atoms with Crippen molar-refractivity contribution >= 4 is 5.97 Å². The lowest BCUT2D eigenvalue weighted by molar-refractivity contribution is -0.139. The normalized spacial score (nSPS) is 13.1. The number of carboxylic acids is 1. The summed E-state index contributed by atoms with van der Waals surface area (Å²) in [5, 5.41) is 16.9. The van der Waals surface area contributed by atoms with Crippen molar-refractivity contribution in [3.63, 3.8) is 0 Å². The van der Waals surface area contributed by atoms with E-state index in [1.54, 1.807) is 0 Å². The molecule has 0 aromatic rings. The van der Waals surface area contributed by atoms with Gasteiger partial charge in [-0.05, 0) is 13.0 Å². The molecule has 4 N–H and O–H groups in total. The molecule has 0 aliphatic rings. The van der Waals surface area contributed by atoms with E-state index in [2.05, 4.69) is 0 Å². The summed E-state index contributed by atoms with van der Waals surface area (Å²) in [4.78, 5) is 9.88. The van der Waals surface area contributed by atoms with E-state index in [4.69, 9.17) is 15.9 Å². The van der Waals surface area contributed by atoms with Crippen molar-refractivity contribution in [3.8, 4) is 0 Å². The molecular formula is C5H11NO3. The van der Waals surface area contributed by atoms with Gasteiger partial charge in [0.1, 0.15) is 0 Å². The van der Waals surface area contributed by atoms with Crippen molar-refractivity contribution in [2.75, 3.05) is 6.54 Å². The molecule has 0 amide bonds. The predicted molar refractivity (Wildman–Crippen MR) is 31.9 cm³/mol. The second kappa shape index (κ2) is 4.29. The molecular weight excluding hydrogens is 122 g/mol. The molecule has 0 aliphatic carbocycles. The SMILES string of the molecule is NCCC(O)CC(=O)O. The molecule has 0 bridgehead atoms. The van der Waals surface area contributed by atoms with E-state index in [0.29, 0.717) is 13.0 Å². The third-order valence-electron chi connectivity index (χ3n) is 0.910. The molecule has 0 radical (unpaired) electrons. The van der Waals surface area contributed by atoms with Crippen molar-refractivity contribution < 1.29 is 15.0 Å². The summed E-state index contributed by atoms with van der Waals surface area (Å²) in [6.45, 7) is 0.328. The van der Waals surface area contributed by atoms with Gasteiger partial charge in [0.15, 0.2) is 0 Å². The number of hydrogen-bond acceptors (Lipinski definition) is 3. The van der Waals surface area contributed by atoms with Gasteiger partial charge in [0.2, 0.25) is 0 Å². The minimum atomic E-state index is -0.990. The Kier molecular flexibility index (Phi) is 4.00. The summed E-state index contributed by atoms with van der Waals surface area (Å²) < 4.78 is 0. The summed E-state index contributed by atoms with van der Waals surface area (Å²) in [5.74, 6) is -0.990. The fraction of sp³-hybridized carbons (Fsp3) is 0.800. The molecule has 0 aromatic carbocycles. The Morgan fingerprint density at radius 1 is 1.67 bits per heavy atom. The Hall–Kier alpha value is -0.610. The molecule has 0 spiro atoms. The molecule has 0 aromatic heterocycles. The minimum absolute atomic E-state index is 0.211. The van der Waals surface area contributed by atoms with Crippen LogP contribution in [0.1, 0.15) is 12.8 Å². The van der Waals surface area contributed by atoms with Crippen LogP contribution in [0.5, 0.6) is 0 Å². The minimum Gasteiger partial charge on any atom is -0.481 e. The Morgan fingerprint density at radius 2 is 2.22 bits per heavy atom.